The van der Waals surface area contributed by atoms with Crippen LogP contribution >= 0.6 is 0 Å². The molecule has 0 spiro atoms. The Bertz CT molecular complexity index is 197. The third-order valence-electron chi connectivity index (χ3n) is 3.27. The van der Waals surface area contributed by atoms with Crippen molar-refractivity contribution in [3.05, 3.63) is 0 Å². The highest BCUT2D eigenvalue weighted by Crippen LogP contribution is 2.28. The fourth-order valence-electron chi connectivity index (χ4n) is 2.25. The molecule has 0 radical (unpaired) electrons. The van der Waals surface area contributed by atoms with Gasteiger partial charge in [-0.05, 0) is 31.2 Å². The molecule has 15 heavy (non-hydrogen) atoms. The molecule has 88 valence electrons. The van der Waals surface area contributed by atoms with Crippen LogP contribution in [-0.2, 0) is 4.79 Å². The summed E-state index contributed by atoms with van der Waals surface area (Å²) in [7, 11) is 1.64. The van der Waals surface area contributed by atoms with Crippen molar-refractivity contribution in [1.29, 1.82) is 0 Å². The van der Waals surface area contributed by atoms with Crippen molar-refractivity contribution in [2.24, 2.45) is 11.8 Å². The minimum atomic E-state index is 0.0198. The standard InChI is InChI=1S/C11H22N2O2/c1-12-11(15)7-13-6-9-4-2-3-5-10(9)8-14/h9-10,13-14H,2-8H2,1H3,(H,12,15). The van der Waals surface area contributed by atoms with Crippen LogP contribution in [0.4, 0.5) is 0 Å². The average molecular weight is 214 g/mol. The van der Waals surface area contributed by atoms with Crippen molar-refractivity contribution in [3.63, 3.8) is 0 Å². The Morgan fingerprint density at radius 2 is 2.00 bits per heavy atom. The third kappa shape index (κ3) is 4.18. The van der Waals surface area contributed by atoms with Crippen LogP contribution < -0.4 is 10.6 Å². The van der Waals surface area contributed by atoms with Gasteiger partial charge in [0, 0.05) is 13.7 Å². The maximum atomic E-state index is 11.0. The molecule has 4 nitrogen and oxygen atoms in total. The van der Waals surface area contributed by atoms with Gasteiger partial charge in [0.15, 0.2) is 0 Å². The minimum Gasteiger partial charge on any atom is -0.396 e. The molecule has 2 unspecified atom stereocenters. The van der Waals surface area contributed by atoms with Crippen LogP contribution in [0.2, 0.25) is 0 Å². The van der Waals surface area contributed by atoms with Gasteiger partial charge in [0.25, 0.3) is 0 Å². The van der Waals surface area contributed by atoms with Gasteiger partial charge in [-0.25, -0.2) is 0 Å². The first kappa shape index (κ1) is 12.5. The first-order chi connectivity index (χ1) is 7.27. The fraction of sp³-hybridized carbons (Fsp3) is 0.909. The molecular weight excluding hydrogens is 192 g/mol. The Hall–Kier alpha value is -0.610. The second-order valence-corrected chi connectivity index (χ2v) is 4.29. The maximum Gasteiger partial charge on any atom is 0.233 e. The van der Waals surface area contributed by atoms with Crippen molar-refractivity contribution in [2.45, 2.75) is 25.7 Å². The summed E-state index contributed by atoms with van der Waals surface area (Å²) in [5, 5.41) is 14.9. The van der Waals surface area contributed by atoms with Crippen LogP contribution in [0.3, 0.4) is 0 Å². The second-order valence-electron chi connectivity index (χ2n) is 4.29. The zero-order valence-corrected chi connectivity index (χ0v) is 9.46. The number of aliphatic hydroxyl groups is 1. The molecular formula is C11H22N2O2. The number of amides is 1. The lowest BCUT2D eigenvalue weighted by molar-refractivity contribution is -0.119. The summed E-state index contributed by atoms with van der Waals surface area (Å²) in [6.45, 7) is 1.51. The van der Waals surface area contributed by atoms with Crippen LogP contribution in [-0.4, -0.2) is 37.8 Å². The molecule has 0 aromatic heterocycles. The quantitative estimate of drug-likeness (QED) is 0.609. The molecule has 0 bridgehead atoms. The van der Waals surface area contributed by atoms with Crippen molar-refractivity contribution in [1.82, 2.24) is 10.6 Å². The Morgan fingerprint density at radius 1 is 1.33 bits per heavy atom. The van der Waals surface area contributed by atoms with Crippen LogP contribution in [0, 0.1) is 11.8 Å². The molecule has 1 rings (SSSR count). The molecule has 1 amide bonds. The summed E-state index contributed by atoms with van der Waals surface area (Å²) in [5.41, 5.74) is 0. The predicted octanol–water partition coefficient (Wildman–Crippen LogP) is 0.121. The number of carbonyl (C=O) groups excluding carboxylic acids is 1. The summed E-state index contributed by atoms with van der Waals surface area (Å²) in [4.78, 5) is 11.0. The predicted molar refractivity (Wildman–Crippen MR) is 59.5 cm³/mol. The zero-order chi connectivity index (χ0) is 11.1. The number of nitrogens with one attached hydrogen (secondary N) is 2. The number of likely N-dealkylation sites (N-methyl/N-ethyl adjacent to an activating group) is 1. The van der Waals surface area contributed by atoms with E-state index in [0.717, 1.165) is 13.0 Å². The summed E-state index contributed by atoms with van der Waals surface area (Å²) in [6, 6.07) is 0. The molecule has 0 heterocycles. The Morgan fingerprint density at radius 3 is 2.60 bits per heavy atom. The van der Waals surface area contributed by atoms with Crippen molar-refractivity contribution >= 4 is 5.91 Å². The van der Waals surface area contributed by atoms with Crippen LogP contribution in [0.25, 0.3) is 0 Å². The Kier molecular flexibility index (Phi) is 5.65. The van der Waals surface area contributed by atoms with Crippen molar-refractivity contribution in [3.8, 4) is 0 Å². The highest BCUT2D eigenvalue weighted by atomic mass is 16.3. The number of carbonyl (C=O) groups is 1. The van der Waals surface area contributed by atoms with E-state index in [4.69, 9.17) is 0 Å². The van der Waals surface area contributed by atoms with Crippen molar-refractivity contribution in [2.75, 3.05) is 26.7 Å². The van der Waals surface area contributed by atoms with Gasteiger partial charge in [0.1, 0.15) is 0 Å². The monoisotopic (exact) mass is 214 g/mol. The fourth-order valence-corrected chi connectivity index (χ4v) is 2.25. The van der Waals surface area contributed by atoms with E-state index in [0.29, 0.717) is 18.4 Å². The van der Waals surface area contributed by atoms with E-state index in [1.165, 1.54) is 19.3 Å². The van der Waals surface area contributed by atoms with E-state index >= 15 is 0 Å². The van der Waals surface area contributed by atoms with Gasteiger partial charge in [0.05, 0.1) is 6.54 Å². The van der Waals surface area contributed by atoms with Gasteiger partial charge in [-0.3, -0.25) is 4.79 Å². The molecule has 4 heteroatoms. The van der Waals surface area contributed by atoms with E-state index in [1.807, 2.05) is 0 Å². The zero-order valence-electron chi connectivity index (χ0n) is 9.46. The molecule has 0 aromatic carbocycles. The molecule has 3 N–H and O–H groups in total. The summed E-state index contributed by atoms with van der Waals surface area (Å²) < 4.78 is 0. The summed E-state index contributed by atoms with van der Waals surface area (Å²) >= 11 is 0. The molecule has 2 atom stereocenters. The Labute approximate surface area is 91.4 Å². The lowest BCUT2D eigenvalue weighted by atomic mass is 9.79. The largest absolute Gasteiger partial charge is 0.396 e. The molecule has 1 aliphatic carbocycles. The van der Waals surface area contributed by atoms with E-state index in [9.17, 15) is 9.90 Å². The van der Waals surface area contributed by atoms with Crippen LogP contribution in [0.5, 0.6) is 0 Å². The number of hydrogen-bond acceptors (Lipinski definition) is 3. The average Bonchev–Trinajstić information content (AvgIpc) is 2.29. The summed E-state index contributed by atoms with van der Waals surface area (Å²) in [6.07, 6.45) is 4.79. The van der Waals surface area contributed by atoms with E-state index in [2.05, 4.69) is 10.6 Å². The van der Waals surface area contributed by atoms with Gasteiger partial charge in [-0.2, -0.15) is 0 Å². The SMILES string of the molecule is CNC(=O)CNCC1CCCCC1CO. The van der Waals surface area contributed by atoms with Crippen molar-refractivity contribution < 1.29 is 9.90 Å². The van der Waals surface area contributed by atoms with Crippen LogP contribution in [0.1, 0.15) is 25.7 Å². The second kappa shape index (κ2) is 6.80. The normalized spacial score (nSPS) is 26.3. The molecule has 0 aliphatic heterocycles. The highest BCUT2D eigenvalue weighted by molar-refractivity contribution is 5.77. The molecule has 0 saturated heterocycles. The molecule has 1 fully saturated rings. The van der Waals surface area contributed by atoms with Gasteiger partial charge in [-0.15, -0.1) is 0 Å². The maximum absolute atomic E-state index is 11.0. The van der Waals surface area contributed by atoms with Gasteiger partial charge in [-0.1, -0.05) is 12.8 Å². The third-order valence-corrected chi connectivity index (χ3v) is 3.27. The van der Waals surface area contributed by atoms with Gasteiger partial charge >= 0.3 is 0 Å². The highest BCUT2D eigenvalue weighted by Gasteiger charge is 2.23. The number of aliphatic hydroxyl groups excluding tert-OH is 1. The van der Waals surface area contributed by atoms with E-state index in [-0.39, 0.29) is 12.5 Å². The van der Waals surface area contributed by atoms with Gasteiger partial charge < -0.3 is 15.7 Å². The molecule has 0 aromatic rings. The van der Waals surface area contributed by atoms with Crippen LogP contribution in [0.15, 0.2) is 0 Å². The lowest BCUT2D eigenvalue weighted by Gasteiger charge is -2.30. The van der Waals surface area contributed by atoms with E-state index < -0.39 is 0 Å². The number of hydrogen-bond donors (Lipinski definition) is 3. The number of rotatable bonds is 5. The lowest BCUT2D eigenvalue weighted by Crippen LogP contribution is -2.37. The summed E-state index contributed by atoms with van der Waals surface area (Å²) in [5.74, 6) is 0.982. The molecule has 1 aliphatic rings. The van der Waals surface area contributed by atoms with Gasteiger partial charge in [0.2, 0.25) is 5.91 Å². The Balaban J connectivity index is 2.20. The smallest absolute Gasteiger partial charge is 0.233 e. The topological polar surface area (TPSA) is 61.4 Å². The minimum absolute atomic E-state index is 0.0198. The van der Waals surface area contributed by atoms with E-state index in [1.54, 1.807) is 7.05 Å². The first-order valence-corrected chi connectivity index (χ1v) is 5.80. The first-order valence-electron chi connectivity index (χ1n) is 5.80. The molecule has 1 saturated carbocycles.